The molecule has 1 N–H and O–H groups in total. The van der Waals surface area contributed by atoms with Gasteiger partial charge in [-0.3, -0.25) is 4.79 Å². The number of aromatic nitrogens is 1. The molecule has 26 heavy (non-hydrogen) atoms. The number of rotatable bonds is 7. The summed E-state index contributed by atoms with van der Waals surface area (Å²) in [6.45, 7) is 1.99. The summed E-state index contributed by atoms with van der Waals surface area (Å²) < 4.78 is 10.6. The highest BCUT2D eigenvalue weighted by Crippen LogP contribution is 2.25. The van der Waals surface area contributed by atoms with Crippen molar-refractivity contribution in [1.29, 1.82) is 0 Å². The van der Waals surface area contributed by atoms with Crippen molar-refractivity contribution >= 4 is 5.91 Å². The largest absolute Gasteiger partial charge is 0.497 e. The molecule has 5 heteroatoms. The number of benzene rings is 2. The number of hydrogen-bond donors (Lipinski definition) is 1. The highest BCUT2D eigenvalue weighted by atomic mass is 16.5. The van der Waals surface area contributed by atoms with Crippen molar-refractivity contribution < 1.29 is 13.9 Å². The molecule has 0 bridgehead atoms. The van der Waals surface area contributed by atoms with E-state index in [9.17, 15) is 4.79 Å². The van der Waals surface area contributed by atoms with E-state index in [2.05, 4.69) is 22.4 Å². The van der Waals surface area contributed by atoms with Crippen LogP contribution in [0, 0.1) is 0 Å². The standard InChI is InChI=1S/C21H22N2O3/c1-15(8-9-16-6-4-3-5-7-16)23-21(24)19-20(26-14-22-19)17-10-12-18(25-2)13-11-17/h3-7,10-15H,8-9H2,1-2H3,(H,23,24)/t15-/m1/s1. The summed E-state index contributed by atoms with van der Waals surface area (Å²) in [5, 5.41) is 3.00. The summed E-state index contributed by atoms with van der Waals surface area (Å²) in [5.74, 6) is 0.972. The molecule has 0 aliphatic rings. The maximum Gasteiger partial charge on any atom is 0.274 e. The molecule has 0 fully saturated rings. The van der Waals surface area contributed by atoms with Crippen molar-refractivity contribution in [1.82, 2.24) is 10.3 Å². The molecule has 2 aromatic carbocycles. The lowest BCUT2D eigenvalue weighted by atomic mass is 10.1. The molecule has 0 aliphatic heterocycles. The van der Waals surface area contributed by atoms with Crippen LogP contribution in [-0.2, 0) is 6.42 Å². The fraction of sp³-hybridized carbons (Fsp3) is 0.238. The van der Waals surface area contributed by atoms with E-state index in [1.54, 1.807) is 7.11 Å². The van der Waals surface area contributed by atoms with Crippen molar-refractivity contribution in [3.8, 4) is 17.1 Å². The molecule has 1 atom stereocenters. The second-order valence-electron chi connectivity index (χ2n) is 6.16. The number of aryl methyl sites for hydroxylation is 1. The SMILES string of the molecule is COc1ccc(-c2ocnc2C(=O)N[C@H](C)CCc2ccccc2)cc1. The van der Waals surface area contributed by atoms with E-state index in [-0.39, 0.29) is 11.9 Å². The molecule has 0 saturated heterocycles. The van der Waals surface area contributed by atoms with Gasteiger partial charge < -0.3 is 14.5 Å². The van der Waals surface area contributed by atoms with E-state index < -0.39 is 0 Å². The molecule has 1 amide bonds. The predicted molar refractivity (Wildman–Crippen MR) is 100 cm³/mol. The number of nitrogens with one attached hydrogen (secondary N) is 1. The van der Waals surface area contributed by atoms with Crippen LogP contribution < -0.4 is 10.1 Å². The van der Waals surface area contributed by atoms with Crippen molar-refractivity contribution in [2.75, 3.05) is 7.11 Å². The lowest BCUT2D eigenvalue weighted by molar-refractivity contribution is 0.0934. The monoisotopic (exact) mass is 350 g/mol. The predicted octanol–water partition coefficient (Wildman–Crippen LogP) is 4.10. The number of carbonyl (C=O) groups is 1. The molecular formula is C21H22N2O3. The van der Waals surface area contributed by atoms with E-state index in [0.29, 0.717) is 11.5 Å². The molecule has 3 rings (SSSR count). The van der Waals surface area contributed by atoms with E-state index in [0.717, 1.165) is 24.2 Å². The highest BCUT2D eigenvalue weighted by molar-refractivity contribution is 5.97. The Balaban J connectivity index is 1.64. The van der Waals surface area contributed by atoms with Crippen LogP contribution in [0.15, 0.2) is 65.4 Å². The molecule has 1 heterocycles. The maximum atomic E-state index is 12.6. The zero-order valence-corrected chi connectivity index (χ0v) is 14.9. The van der Waals surface area contributed by atoms with E-state index in [4.69, 9.17) is 9.15 Å². The summed E-state index contributed by atoms with van der Waals surface area (Å²) in [7, 11) is 1.61. The van der Waals surface area contributed by atoms with Gasteiger partial charge in [0, 0.05) is 11.6 Å². The topological polar surface area (TPSA) is 64.4 Å². The van der Waals surface area contributed by atoms with Gasteiger partial charge in [0.25, 0.3) is 5.91 Å². The van der Waals surface area contributed by atoms with Crippen LogP contribution in [0.4, 0.5) is 0 Å². The van der Waals surface area contributed by atoms with E-state index >= 15 is 0 Å². The first-order valence-corrected chi connectivity index (χ1v) is 8.60. The zero-order valence-electron chi connectivity index (χ0n) is 14.9. The van der Waals surface area contributed by atoms with Crippen molar-refractivity contribution in [2.24, 2.45) is 0 Å². The number of ether oxygens (including phenoxy) is 1. The van der Waals surface area contributed by atoms with Gasteiger partial charge >= 0.3 is 0 Å². The minimum atomic E-state index is -0.231. The number of methoxy groups -OCH3 is 1. The van der Waals surface area contributed by atoms with Crippen LogP contribution in [-0.4, -0.2) is 24.0 Å². The van der Waals surface area contributed by atoms with E-state index in [1.807, 2.05) is 49.4 Å². The molecule has 1 aromatic heterocycles. The first kappa shape index (κ1) is 17.7. The van der Waals surface area contributed by atoms with Crippen LogP contribution in [0.1, 0.15) is 29.4 Å². The number of hydrogen-bond acceptors (Lipinski definition) is 4. The van der Waals surface area contributed by atoms with Gasteiger partial charge in [0.1, 0.15) is 5.75 Å². The van der Waals surface area contributed by atoms with Gasteiger partial charge in [-0.15, -0.1) is 0 Å². The average Bonchev–Trinajstić information content (AvgIpc) is 3.17. The fourth-order valence-corrected chi connectivity index (χ4v) is 2.75. The smallest absolute Gasteiger partial charge is 0.274 e. The van der Waals surface area contributed by atoms with Crippen LogP contribution >= 0.6 is 0 Å². The van der Waals surface area contributed by atoms with Crippen LogP contribution in [0.3, 0.4) is 0 Å². The van der Waals surface area contributed by atoms with Gasteiger partial charge in [-0.25, -0.2) is 4.98 Å². The third-order valence-corrected chi connectivity index (χ3v) is 4.22. The third kappa shape index (κ3) is 4.30. The minimum Gasteiger partial charge on any atom is -0.497 e. The number of carbonyl (C=O) groups excluding carboxylic acids is 1. The molecular weight excluding hydrogens is 328 g/mol. The number of nitrogens with zero attached hydrogens (tertiary/aromatic N) is 1. The van der Waals surface area contributed by atoms with Gasteiger partial charge in [-0.1, -0.05) is 30.3 Å². The second kappa shape index (κ2) is 8.34. The Kier molecular flexibility index (Phi) is 5.69. The van der Waals surface area contributed by atoms with Gasteiger partial charge in [-0.2, -0.15) is 0 Å². The van der Waals surface area contributed by atoms with Gasteiger partial charge in [-0.05, 0) is 49.6 Å². The number of amides is 1. The first-order chi connectivity index (χ1) is 12.7. The Morgan fingerprint density at radius 1 is 1.15 bits per heavy atom. The minimum absolute atomic E-state index is 0.0307. The Morgan fingerprint density at radius 2 is 1.88 bits per heavy atom. The Morgan fingerprint density at radius 3 is 2.58 bits per heavy atom. The lowest BCUT2D eigenvalue weighted by Crippen LogP contribution is -2.33. The molecule has 134 valence electrons. The molecule has 5 nitrogen and oxygen atoms in total. The first-order valence-electron chi connectivity index (χ1n) is 8.60. The van der Waals surface area contributed by atoms with Crippen LogP contribution in [0.25, 0.3) is 11.3 Å². The second-order valence-corrected chi connectivity index (χ2v) is 6.16. The summed E-state index contributed by atoms with van der Waals surface area (Å²) in [6.07, 6.45) is 3.06. The van der Waals surface area contributed by atoms with Crippen LogP contribution in [0.2, 0.25) is 0 Å². The van der Waals surface area contributed by atoms with Crippen molar-refractivity contribution in [2.45, 2.75) is 25.8 Å². The zero-order chi connectivity index (χ0) is 18.4. The Hall–Kier alpha value is -3.08. The quantitative estimate of drug-likeness (QED) is 0.697. The van der Waals surface area contributed by atoms with E-state index in [1.165, 1.54) is 12.0 Å². The molecule has 0 spiro atoms. The normalized spacial score (nSPS) is 11.8. The summed E-state index contributed by atoms with van der Waals surface area (Å²) in [5.41, 5.74) is 2.33. The summed E-state index contributed by atoms with van der Waals surface area (Å²) in [6, 6.07) is 17.6. The third-order valence-electron chi connectivity index (χ3n) is 4.22. The van der Waals surface area contributed by atoms with Crippen LogP contribution in [0.5, 0.6) is 5.75 Å². The van der Waals surface area contributed by atoms with Crippen molar-refractivity contribution in [3.63, 3.8) is 0 Å². The molecule has 0 aliphatic carbocycles. The fourth-order valence-electron chi connectivity index (χ4n) is 2.75. The van der Waals surface area contributed by atoms with Gasteiger partial charge in [0.2, 0.25) is 0 Å². The molecule has 0 unspecified atom stereocenters. The average molecular weight is 350 g/mol. The van der Waals surface area contributed by atoms with Gasteiger partial charge in [0.05, 0.1) is 7.11 Å². The lowest BCUT2D eigenvalue weighted by Gasteiger charge is -2.13. The van der Waals surface area contributed by atoms with Crippen molar-refractivity contribution in [3.05, 3.63) is 72.2 Å². The Labute approximate surface area is 153 Å². The van der Waals surface area contributed by atoms with Gasteiger partial charge in [0.15, 0.2) is 17.8 Å². The molecule has 3 aromatic rings. The number of oxazole rings is 1. The summed E-state index contributed by atoms with van der Waals surface area (Å²) >= 11 is 0. The Bertz CT molecular complexity index is 841. The maximum absolute atomic E-state index is 12.6. The molecule has 0 radical (unpaired) electrons. The highest BCUT2D eigenvalue weighted by Gasteiger charge is 2.19. The summed E-state index contributed by atoms with van der Waals surface area (Å²) in [4.78, 5) is 16.7. The molecule has 0 saturated carbocycles.